The first-order chi connectivity index (χ1) is 18.4. The van der Waals surface area contributed by atoms with Crippen molar-refractivity contribution in [2.24, 2.45) is 0 Å². The van der Waals surface area contributed by atoms with E-state index in [-0.39, 0.29) is 12.4 Å². The summed E-state index contributed by atoms with van der Waals surface area (Å²) in [6.07, 6.45) is 0.618. The molecule has 0 atom stereocenters. The predicted octanol–water partition coefficient (Wildman–Crippen LogP) is 7.57. The highest BCUT2D eigenvalue weighted by atomic mass is 79.9. The standard InChI is InChI=1S/C14H10BrFN2O.C14H8BrFN2O/c2*15-9-2-4-11-13(6-9)17-18-14(11)10-3-1-8(7-19)5-12(10)16/h1-6,19H,7H2,(H,17,18);1-7H,(H,17,18). The van der Waals surface area contributed by atoms with Crippen LogP contribution in [-0.4, -0.2) is 31.8 Å². The largest absolute Gasteiger partial charge is 0.392 e. The third-order valence-corrected chi connectivity index (χ3v) is 6.89. The van der Waals surface area contributed by atoms with Crippen LogP contribution in [0.2, 0.25) is 0 Å². The van der Waals surface area contributed by atoms with Crippen LogP contribution in [-0.2, 0) is 6.61 Å². The predicted molar refractivity (Wildman–Crippen MR) is 150 cm³/mol. The Morgan fingerprint density at radius 2 is 1.26 bits per heavy atom. The number of aliphatic hydroxyl groups excluding tert-OH is 1. The van der Waals surface area contributed by atoms with Crippen LogP contribution < -0.4 is 0 Å². The number of nitrogens with zero attached hydrogens (tertiary/aromatic N) is 2. The lowest BCUT2D eigenvalue weighted by Gasteiger charge is -2.03. The van der Waals surface area contributed by atoms with Crippen molar-refractivity contribution < 1.29 is 18.7 Å². The Morgan fingerprint density at radius 1 is 0.737 bits per heavy atom. The molecule has 3 N–H and O–H groups in total. The molecule has 0 unspecified atom stereocenters. The molecule has 0 saturated carbocycles. The molecule has 0 aliphatic carbocycles. The first-order valence-corrected chi connectivity index (χ1v) is 12.9. The molecular formula is C28H18Br2F2N4O2. The van der Waals surface area contributed by atoms with Crippen molar-refractivity contribution in [1.82, 2.24) is 20.4 Å². The van der Waals surface area contributed by atoms with Gasteiger partial charge in [-0.05, 0) is 66.2 Å². The van der Waals surface area contributed by atoms with Crippen LogP contribution >= 0.6 is 31.9 Å². The lowest BCUT2D eigenvalue weighted by atomic mass is 10.1. The van der Waals surface area contributed by atoms with Crippen LogP contribution in [0.15, 0.2) is 81.7 Å². The Hall–Kier alpha value is -3.73. The van der Waals surface area contributed by atoms with Crippen LogP contribution in [0, 0.1) is 11.6 Å². The number of benzene rings is 4. The Morgan fingerprint density at radius 3 is 1.74 bits per heavy atom. The quantitative estimate of drug-likeness (QED) is 0.173. The minimum atomic E-state index is -0.457. The van der Waals surface area contributed by atoms with E-state index in [2.05, 4.69) is 52.3 Å². The number of aliphatic hydroxyl groups is 1. The summed E-state index contributed by atoms with van der Waals surface area (Å²) in [7, 11) is 0. The van der Waals surface area contributed by atoms with E-state index in [9.17, 15) is 13.6 Å². The summed E-state index contributed by atoms with van der Waals surface area (Å²) >= 11 is 6.75. The maximum atomic E-state index is 14.0. The van der Waals surface area contributed by atoms with E-state index in [4.69, 9.17) is 5.11 Å². The minimum Gasteiger partial charge on any atom is -0.392 e. The Bertz CT molecular complexity index is 1800. The number of fused-ring (bicyclic) bond motifs is 2. The van der Waals surface area contributed by atoms with Gasteiger partial charge in [0.15, 0.2) is 0 Å². The molecule has 0 radical (unpaired) electrons. The zero-order chi connectivity index (χ0) is 26.8. The number of rotatable bonds is 4. The number of aromatic amines is 2. The highest BCUT2D eigenvalue weighted by Crippen LogP contribution is 2.31. The van der Waals surface area contributed by atoms with Gasteiger partial charge in [0, 0.05) is 36.4 Å². The summed E-state index contributed by atoms with van der Waals surface area (Å²) in [6.45, 7) is -0.175. The van der Waals surface area contributed by atoms with Gasteiger partial charge in [-0.15, -0.1) is 0 Å². The molecule has 6 nitrogen and oxygen atoms in total. The molecular weight excluding hydrogens is 622 g/mol. The minimum absolute atomic E-state index is 0.175. The molecule has 0 spiro atoms. The summed E-state index contributed by atoms with van der Waals surface area (Å²) in [6, 6.07) is 20.3. The fourth-order valence-electron chi connectivity index (χ4n) is 4.04. The van der Waals surface area contributed by atoms with E-state index < -0.39 is 5.82 Å². The number of hydrogen-bond donors (Lipinski definition) is 3. The van der Waals surface area contributed by atoms with Crippen LogP contribution in [0.25, 0.3) is 44.3 Å². The lowest BCUT2D eigenvalue weighted by Crippen LogP contribution is -1.89. The zero-order valence-corrected chi connectivity index (χ0v) is 22.6. The molecule has 0 aliphatic rings. The summed E-state index contributed by atoms with van der Waals surface area (Å²) in [4.78, 5) is 10.6. The number of halogens is 4. The van der Waals surface area contributed by atoms with Gasteiger partial charge in [-0.2, -0.15) is 10.2 Å². The van der Waals surface area contributed by atoms with Gasteiger partial charge in [-0.3, -0.25) is 15.0 Å². The van der Waals surface area contributed by atoms with Gasteiger partial charge in [0.25, 0.3) is 0 Å². The number of H-pyrrole nitrogens is 2. The molecule has 38 heavy (non-hydrogen) atoms. The van der Waals surface area contributed by atoms with Crippen molar-refractivity contribution in [2.45, 2.75) is 6.61 Å². The Balaban J connectivity index is 0.000000155. The third-order valence-electron chi connectivity index (χ3n) is 5.91. The average Bonchev–Trinajstić information content (AvgIpc) is 3.52. The first-order valence-electron chi connectivity index (χ1n) is 11.3. The van der Waals surface area contributed by atoms with Crippen molar-refractivity contribution in [3.05, 3.63) is 105 Å². The Kier molecular flexibility index (Phi) is 7.46. The summed E-state index contributed by atoms with van der Waals surface area (Å²) in [5, 5.41) is 24.8. The molecule has 6 rings (SSSR count). The van der Waals surface area contributed by atoms with E-state index in [0.29, 0.717) is 39.9 Å². The van der Waals surface area contributed by atoms with Gasteiger partial charge in [0.05, 0.1) is 17.6 Å². The highest BCUT2D eigenvalue weighted by molar-refractivity contribution is 9.10. The second-order valence-electron chi connectivity index (χ2n) is 8.35. The molecule has 190 valence electrons. The maximum Gasteiger partial charge on any atom is 0.150 e. The van der Waals surface area contributed by atoms with E-state index in [0.717, 1.165) is 30.8 Å². The van der Waals surface area contributed by atoms with Gasteiger partial charge < -0.3 is 5.11 Å². The summed E-state index contributed by atoms with van der Waals surface area (Å²) in [5.41, 5.74) is 4.43. The molecule has 0 saturated heterocycles. The normalized spacial score (nSPS) is 11.0. The van der Waals surface area contributed by atoms with Gasteiger partial charge in [-0.25, -0.2) is 8.78 Å². The SMILES string of the molecule is O=Cc1ccc(-c2n[nH]c3cc(Br)ccc23)c(F)c1.OCc1ccc(-c2n[nH]c3cc(Br)ccc23)c(F)c1. The van der Waals surface area contributed by atoms with Gasteiger partial charge >= 0.3 is 0 Å². The molecule has 4 aromatic carbocycles. The summed E-state index contributed by atoms with van der Waals surface area (Å²) < 4.78 is 29.9. The van der Waals surface area contributed by atoms with E-state index in [1.54, 1.807) is 24.3 Å². The van der Waals surface area contributed by atoms with E-state index >= 15 is 0 Å². The fourth-order valence-corrected chi connectivity index (χ4v) is 4.76. The van der Waals surface area contributed by atoms with Crippen LogP contribution in [0.1, 0.15) is 15.9 Å². The molecule has 0 bridgehead atoms. The number of aromatic nitrogens is 4. The smallest absolute Gasteiger partial charge is 0.150 e. The molecule has 0 aliphatic heterocycles. The average molecular weight is 640 g/mol. The number of aldehydes is 1. The number of carbonyl (C=O) groups is 1. The fraction of sp³-hybridized carbons (Fsp3) is 0.0357. The van der Waals surface area contributed by atoms with E-state index in [1.807, 2.05) is 36.4 Å². The second-order valence-corrected chi connectivity index (χ2v) is 10.2. The molecule has 6 aromatic rings. The summed E-state index contributed by atoms with van der Waals surface area (Å²) in [5.74, 6) is -0.844. The van der Waals surface area contributed by atoms with Crippen molar-refractivity contribution in [3.63, 3.8) is 0 Å². The van der Waals surface area contributed by atoms with Crippen molar-refractivity contribution in [3.8, 4) is 22.5 Å². The first kappa shape index (κ1) is 25.9. The third kappa shape index (κ3) is 5.15. The van der Waals surface area contributed by atoms with E-state index in [1.165, 1.54) is 12.1 Å². The van der Waals surface area contributed by atoms with Crippen LogP contribution in [0.3, 0.4) is 0 Å². The molecule has 2 aromatic heterocycles. The van der Waals surface area contributed by atoms with Gasteiger partial charge in [0.2, 0.25) is 0 Å². The monoisotopic (exact) mass is 638 g/mol. The molecule has 0 amide bonds. The zero-order valence-electron chi connectivity index (χ0n) is 19.5. The second kappa shape index (κ2) is 10.9. The molecule has 2 heterocycles. The maximum absolute atomic E-state index is 14.0. The molecule has 10 heteroatoms. The van der Waals surface area contributed by atoms with Crippen LogP contribution in [0.4, 0.5) is 8.78 Å². The Labute approximate surface area is 232 Å². The van der Waals surface area contributed by atoms with Gasteiger partial charge in [-0.1, -0.05) is 44.0 Å². The van der Waals surface area contributed by atoms with Crippen molar-refractivity contribution in [1.29, 1.82) is 0 Å². The van der Waals surface area contributed by atoms with Gasteiger partial charge in [0.1, 0.15) is 29.3 Å². The number of carbonyl (C=O) groups excluding carboxylic acids is 1. The topological polar surface area (TPSA) is 94.7 Å². The lowest BCUT2D eigenvalue weighted by molar-refractivity contribution is 0.112. The van der Waals surface area contributed by atoms with Crippen molar-refractivity contribution >= 4 is 60.0 Å². The molecule has 0 fully saturated rings. The number of nitrogens with one attached hydrogen (secondary N) is 2. The van der Waals surface area contributed by atoms with Crippen molar-refractivity contribution in [2.75, 3.05) is 0 Å². The number of hydrogen-bond acceptors (Lipinski definition) is 4. The highest BCUT2D eigenvalue weighted by Gasteiger charge is 2.14. The van der Waals surface area contributed by atoms with Crippen LogP contribution in [0.5, 0.6) is 0 Å².